The highest BCUT2D eigenvalue weighted by atomic mass is 28.4. The van der Waals surface area contributed by atoms with Crippen molar-refractivity contribution in [1.82, 2.24) is 10.2 Å². The topological polar surface area (TPSA) is 136 Å². The lowest BCUT2D eigenvalue weighted by Gasteiger charge is -2.42. The molecular formula is C44H69N3O8Si. The van der Waals surface area contributed by atoms with Crippen molar-refractivity contribution in [1.29, 1.82) is 0 Å². The Balaban J connectivity index is 1.99. The van der Waals surface area contributed by atoms with E-state index in [1.807, 2.05) is 72.5 Å². The van der Waals surface area contributed by atoms with Crippen molar-refractivity contribution in [3.8, 4) is 0 Å². The van der Waals surface area contributed by atoms with Crippen LogP contribution in [0.2, 0.25) is 18.1 Å². The van der Waals surface area contributed by atoms with Gasteiger partial charge in [-0.25, -0.2) is 9.59 Å². The van der Waals surface area contributed by atoms with Gasteiger partial charge in [0.15, 0.2) is 8.32 Å². The average Bonchev–Trinajstić information content (AvgIpc) is 3.55. The molecule has 2 aromatic carbocycles. The number of guanidine groups is 1. The van der Waals surface area contributed by atoms with E-state index in [4.69, 9.17) is 18.6 Å². The lowest BCUT2D eigenvalue weighted by molar-refractivity contribution is -0.149. The predicted octanol–water partition coefficient (Wildman–Crippen LogP) is 9.92. The van der Waals surface area contributed by atoms with Crippen molar-refractivity contribution >= 4 is 32.4 Å². The zero-order valence-electron chi connectivity index (χ0n) is 35.3. The fraction of sp³-hybridized carbons (Fsp3) is 0.636. The van der Waals surface area contributed by atoms with Gasteiger partial charge in [0, 0.05) is 31.5 Å². The molecule has 1 aliphatic heterocycles. The number of aliphatic imine (C=N–C) groups is 1. The number of amides is 2. The molecule has 0 aliphatic carbocycles. The van der Waals surface area contributed by atoms with Crippen LogP contribution in [0.3, 0.4) is 0 Å². The maximum absolute atomic E-state index is 13.5. The zero-order valence-corrected chi connectivity index (χ0v) is 36.3. The Kier molecular flexibility index (Phi) is 19.6. The Labute approximate surface area is 337 Å². The van der Waals surface area contributed by atoms with Crippen molar-refractivity contribution in [2.45, 2.75) is 168 Å². The van der Waals surface area contributed by atoms with E-state index in [9.17, 15) is 19.5 Å². The summed E-state index contributed by atoms with van der Waals surface area (Å²) >= 11 is 0. The second-order valence-electron chi connectivity index (χ2n) is 16.7. The normalized spacial score (nSPS) is 17.9. The minimum absolute atomic E-state index is 0.00854. The molecular weight excluding hydrogens is 727 g/mol. The van der Waals surface area contributed by atoms with Gasteiger partial charge in [-0.1, -0.05) is 133 Å². The van der Waals surface area contributed by atoms with Gasteiger partial charge in [0.05, 0.1) is 6.10 Å². The summed E-state index contributed by atoms with van der Waals surface area (Å²) in [5, 5.41) is 14.1. The van der Waals surface area contributed by atoms with Crippen LogP contribution in [0.5, 0.6) is 0 Å². The van der Waals surface area contributed by atoms with Crippen LogP contribution < -0.4 is 5.32 Å². The molecule has 1 fully saturated rings. The fourth-order valence-electron chi connectivity index (χ4n) is 6.93. The van der Waals surface area contributed by atoms with Gasteiger partial charge in [0.1, 0.15) is 19.3 Å². The van der Waals surface area contributed by atoms with Gasteiger partial charge >= 0.3 is 18.2 Å². The number of hydrogen-bond acceptors (Lipinski definition) is 8. The number of unbranched alkanes of at least 4 members (excludes halogenated alkanes) is 6. The van der Waals surface area contributed by atoms with Crippen LogP contribution in [0.25, 0.3) is 0 Å². The molecule has 0 bridgehead atoms. The second kappa shape index (κ2) is 23.5. The van der Waals surface area contributed by atoms with E-state index in [1.54, 1.807) is 0 Å². The lowest BCUT2D eigenvalue weighted by atomic mass is 9.93. The predicted molar refractivity (Wildman–Crippen MR) is 224 cm³/mol. The highest BCUT2D eigenvalue weighted by molar-refractivity contribution is 6.74. The molecule has 2 N–H and O–H groups in total. The standard InChI is InChI=1S/C44H69N3O8Si/c1-9-10-11-12-13-14-21-26-38(49)29-37-27-28-40(39(33(2)55-34(3)48)32-54-56(7,8)44(4,5)6)47(37)41(45-42(50)52-30-35-22-17-15-18-23-35)46-43(51)53-31-36-24-19-16-20-25-36/h15-20,22-25,33,37-40,49H,9-14,21,26-32H2,1-8H3,(H,45,46,50,51)/t33-,37+,38-,39+,40+/m1/s1. The molecule has 2 aromatic rings. The number of rotatable bonds is 20. The Morgan fingerprint density at radius 3 is 2.04 bits per heavy atom. The maximum atomic E-state index is 13.5. The third kappa shape index (κ3) is 16.0. The van der Waals surface area contributed by atoms with E-state index >= 15 is 0 Å². The molecule has 0 spiro atoms. The smallest absolute Gasteiger partial charge is 0.437 e. The summed E-state index contributed by atoms with van der Waals surface area (Å²) < 4.78 is 23.8. The molecule has 12 heteroatoms. The highest BCUT2D eigenvalue weighted by Crippen LogP contribution is 2.39. The molecule has 0 aromatic heterocycles. The third-order valence-corrected chi connectivity index (χ3v) is 15.7. The molecule has 1 heterocycles. The van der Waals surface area contributed by atoms with Gasteiger partial charge < -0.3 is 28.6 Å². The summed E-state index contributed by atoms with van der Waals surface area (Å²) in [6.45, 7) is 16.6. The zero-order chi connectivity index (χ0) is 41.1. The molecule has 0 radical (unpaired) electrons. The number of ether oxygens (including phenoxy) is 3. The fourth-order valence-corrected chi connectivity index (χ4v) is 7.97. The first-order valence-corrected chi connectivity index (χ1v) is 23.6. The molecule has 312 valence electrons. The monoisotopic (exact) mass is 795 g/mol. The minimum Gasteiger partial charge on any atom is -0.462 e. The SMILES string of the molecule is CCCCCCCCC[C@@H](O)C[C@@H]1CC[C@@H]([C@@H](CO[Si](C)(C)C(C)(C)C)[C@@H](C)OC(C)=O)N1/C(=N/C(=O)OCc1ccccc1)NC(=O)OCc1ccccc1. The maximum Gasteiger partial charge on any atom is 0.437 e. The van der Waals surface area contributed by atoms with Gasteiger partial charge in [-0.2, -0.15) is 0 Å². The number of carbonyl (C=O) groups is 3. The number of nitrogens with one attached hydrogen (secondary N) is 1. The highest BCUT2D eigenvalue weighted by Gasteiger charge is 2.46. The van der Waals surface area contributed by atoms with Crippen LogP contribution in [-0.4, -0.2) is 73.3 Å². The first-order chi connectivity index (χ1) is 26.6. The van der Waals surface area contributed by atoms with Gasteiger partial charge in [-0.15, -0.1) is 4.99 Å². The van der Waals surface area contributed by atoms with Crippen molar-refractivity contribution < 1.29 is 38.1 Å². The molecule has 3 rings (SSSR count). The lowest BCUT2D eigenvalue weighted by Crippen LogP contribution is -2.55. The Morgan fingerprint density at radius 1 is 0.893 bits per heavy atom. The summed E-state index contributed by atoms with van der Waals surface area (Å²) in [6, 6.07) is 17.9. The Bertz CT molecular complexity index is 1500. The van der Waals surface area contributed by atoms with Gasteiger partial charge in [0.25, 0.3) is 0 Å². The summed E-state index contributed by atoms with van der Waals surface area (Å²) in [5.41, 5.74) is 1.59. The molecule has 56 heavy (non-hydrogen) atoms. The number of nitrogens with zero attached hydrogens (tertiary/aromatic N) is 2. The second-order valence-corrected chi connectivity index (χ2v) is 21.5. The van der Waals surface area contributed by atoms with Crippen molar-refractivity contribution in [3.63, 3.8) is 0 Å². The van der Waals surface area contributed by atoms with Crippen LogP contribution >= 0.6 is 0 Å². The van der Waals surface area contributed by atoms with E-state index in [0.717, 1.165) is 30.4 Å². The summed E-state index contributed by atoms with van der Waals surface area (Å²) in [4.78, 5) is 45.7. The number of aliphatic hydroxyl groups is 1. The molecule has 5 atom stereocenters. The number of esters is 1. The average molecular weight is 796 g/mol. The third-order valence-electron chi connectivity index (χ3n) is 11.2. The van der Waals surface area contributed by atoms with Crippen molar-refractivity contribution in [2.75, 3.05) is 6.61 Å². The van der Waals surface area contributed by atoms with E-state index in [0.29, 0.717) is 25.7 Å². The van der Waals surface area contributed by atoms with Crippen LogP contribution in [0.15, 0.2) is 65.7 Å². The minimum atomic E-state index is -2.26. The largest absolute Gasteiger partial charge is 0.462 e. The van der Waals surface area contributed by atoms with Gasteiger partial charge in [0.2, 0.25) is 5.96 Å². The summed E-state index contributed by atoms with van der Waals surface area (Å²) in [6.07, 6.45) is 7.42. The van der Waals surface area contributed by atoms with Gasteiger partial charge in [-0.3, -0.25) is 10.1 Å². The summed E-state index contributed by atoms with van der Waals surface area (Å²) in [7, 11) is -2.26. The first-order valence-electron chi connectivity index (χ1n) is 20.7. The molecule has 0 unspecified atom stereocenters. The molecule has 0 saturated carbocycles. The number of benzene rings is 2. The summed E-state index contributed by atoms with van der Waals surface area (Å²) in [5.74, 6) is -0.822. The van der Waals surface area contributed by atoms with Crippen LogP contribution in [0.4, 0.5) is 9.59 Å². The van der Waals surface area contributed by atoms with Crippen molar-refractivity contribution in [2.24, 2.45) is 10.9 Å². The van der Waals surface area contributed by atoms with E-state index < -0.39 is 38.7 Å². The van der Waals surface area contributed by atoms with Crippen molar-refractivity contribution in [3.05, 3.63) is 71.8 Å². The number of aliphatic hydroxyl groups excluding tert-OH is 1. The first kappa shape index (κ1) is 46.6. The van der Waals surface area contributed by atoms with E-state index in [-0.39, 0.29) is 48.8 Å². The molecule has 1 aliphatic rings. The van der Waals surface area contributed by atoms with E-state index in [1.165, 1.54) is 32.6 Å². The Hall–Kier alpha value is -3.74. The molecule has 11 nitrogen and oxygen atoms in total. The van der Waals surface area contributed by atoms with Crippen LogP contribution in [0.1, 0.15) is 123 Å². The Morgan fingerprint density at radius 2 is 1.46 bits per heavy atom. The number of carbonyl (C=O) groups excluding carboxylic acids is 3. The number of hydrogen-bond donors (Lipinski definition) is 2. The van der Waals surface area contributed by atoms with Crippen LogP contribution in [-0.2, 0) is 36.6 Å². The number of alkyl carbamates (subject to hydrolysis) is 1. The molecule has 1 saturated heterocycles. The van der Waals surface area contributed by atoms with E-state index in [2.05, 4.69) is 51.1 Å². The van der Waals surface area contributed by atoms with Crippen LogP contribution in [0, 0.1) is 5.92 Å². The number of likely N-dealkylation sites (tertiary alicyclic amines) is 1. The van der Waals surface area contributed by atoms with Gasteiger partial charge in [-0.05, 0) is 61.9 Å². The quantitative estimate of drug-likeness (QED) is 0.0335. The molecule has 2 amide bonds.